The van der Waals surface area contributed by atoms with Crippen molar-refractivity contribution in [3.05, 3.63) is 66.4 Å². The van der Waals surface area contributed by atoms with E-state index in [1.807, 2.05) is 12.1 Å². The summed E-state index contributed by atoms with van der Waals surface area (Å²) in [6.45, 7) is 4.08. The van der Waals surface area contributed by atoms with Gasteiger partial charge in [0.15, 0.2) is 0 Å². The molecule has 0 aliphatic carbocycles. The number of hydrogen-bond acceptors (Lipinski definition) is 5. The Hall–Kier alpha value is -1.99. The van der Waals surface area contributed by atoms with Crippen LogP contribution in [-0.4, -0.2) is 44.6 Å². The lowest BCUT2D eigenvalue weighted by atomic mass is 10.1. The van der Waals surface area contributed by atoms with Crippen LogP contribution in [0.5, 0.6) is 0 Å². The van der Waals surface area contributed by atoms with Gasteiger partial charge in [0.2, 0.25) is 9.84 Å². The highest BCUT2D eigenvalue weighted by Crippen LogP contribution is 2.25. The molecule has 1 aliphatic heterocycles. The molecule has 142 valence electrons. The number of pyridine rings is 1. The summed E-state index contributed by atoms with van der Waals surface area (Å²) in [5.74, 6) is 0. The van der Waals surface area contributed by atoms with Crippen LogP contribution in [0.4, 0.5) is 0 Å². The smallest absolute Gasteiger partial charge is 0.208 e. The van der Waals surface area contributed by atoms with Crippen molar-refractivity contribution in [2.75, 3.05) is 26.3 Å². The molecular formula is C20H21ClN2O3S. The quantitative estimate of drug-likeness (QED) is 0.667. The Morgan fingerprint density at radius 2 is 1.70 bits per heavy atom. The highest BCUT2D eigenvalue weighted by atomic mass is 35.5. The Balaban J connectivity index is 0.00000210. The molecule has 0 spiro atoms. The van der Waals surface area contributed by atoms with E-state index in [1.54, 1.807) is 36.4 Å². The molecule has 3 aromatic rings. The van der Waals surface area contributed by atoms with Crippen LogP contribution in [-0.2, 0) is 21.1 Å². The van der Waals surface area contributed by atoms with Gasteiger partial charge in [-0.15, -0.1) is 12.4 Å². The Bertz CT molecular complexity index is 1020. The van der Waals surface area contributed by atoms with E-state index in [4.69, 9.17) is 4.74 Å². The molecule has 4 rings (SSSR count). The van der Waals surface area contributed by atoms with Gasteiger partial charge in [0.1, 0.15) is 0 Å². The fourth-order valence-corrected chi connectivity index (χ4v) is 4.48. The molecule has 27 heavy (non-hydrogen) atoms. The third-order valence-electron chi connectivity index (χ3n) is 4.63. The van der Waals surface area contributed by atoms with Crippen LogP contribution in [0.15, 0.2) is 70.6 Å². The zero-order valence-electron chi connectivity index (χ0n) is 14.7. The molecule has 0 bridgehead atoms. The fraction of sp³-hybridized carbons (Fsp3) is 0.250. The normalized spacial score (nSPS) is 15.4. The van der Waals surface area contributed by atoms with E-state index < -0.39 is 9.84 Å². The molecule has 0 unspecified atom stereocenters. The summed E-state index contributed by atoms with van der Waals surface area (Å²) >= 11 is 0. The van der Waals surface area contributed by atoms with Crippen molar-refractivity contribution in [2.45, 2.75) is 16.3 Å². The standard InChI is InChI=1S/C20H20N2O3S.ClH/c23-26(24,18-7-2-1-3-8-18)19-13-16-5-4-6-17(20(16)21-14-19)15-22-9-11-25-12-10-22;/h1-8,13-14H,9-12,15H2;1H. The van der Waals surface area contributed by atoms with Gasteiger partial charge in [0.05, 0.1) is 28.5 Å². The van der Waals surface area contributed by atoms with E-state index in [2.05, 4.69) is 16.0 Å². The van der Waals surface area contributed by atoms with Gasteiger partial charge >= 0.3 is 0 Å². The van der Waals surface area contributed by atoms with E-state index in [0.717, 1.165) is 49.3 Å². The molecule has 0 N–H and O–H groups in total. The first kappa shape index (κ1) is 19.8. The molecule has 2 aromatic carbocycles. The second-order valence-electron chi connectivity index (χ2n) is 6.36. The van der Waals surface area contributed by atoms with Crippen molar-refractivity contribution in [3.8, 4) is 0 Å². The molecule has 7 heteroatoms. The zero-order valence-corrected chi connectivity index (χ0v) is 16.4. The summed E-state index contributed by atoms with van der Waals surface area (Å²) < 4.78 is 31.0. The Morgan fingerprint density at radius 3 is 2.44 bits per heavy atom. The van der Waals surface area contributed by atoms with Crippen LogP contribution >= 0.6 is 12.4 Å². The van der Waals surface area contributed by atoms with E-state index >= 15 is 0 Å². The van der Waals surface area contributed by atoms with Gasteiger partial charge in [-0.25, -0.2) is 8.42 Å². The average Bonchev–Trinajstić information content (AvgIpc) is 2.69. The Morgan fingerprint density at radius 1 is 0.963 bits per heavy atom. The maximum absolute atomic E-state index is 12.8. The summed E-state index contributed by atoms with van der Waals surface area (Å²) in [5.41, 5.74) is 1.96. The minimum absolute atomic E-state index is 0. The van der Waals surface area contributed by atoms with Crippen LogP contribution in [0.25, 0.3) is 10.9 Å². The summed E-state index contributed by atoms with van der Waals surface area (Å²) in [4.78, 5) is 7.33. The van der Waals surface area contributed by atoms with Crippen LogP contribution in [0.2, 0.25) is 0 Å². The molecule has 1 aliphatic rings. The van der Waals surface area contributed by atoms with Gasteiger partial charge in [0.25, 0.3) is 0 Å². The van der Waals surface area contributed by atoms with Crippen molar-refractivity contribution < 1.29 is 13.2 Å². The summed E-state index contributed by atoms with van der Waals surface area (Å²) in [7, 11) is -3.56. The van der Waals surface area contributed by atoms with Gasteiger partial charge in [-0.2, -0.15) is 0 Å². The number of benzene rings is 2. The van der Waals surface area contributed by atoms with E-state index in [-0.39, 0.29) is 22.2 Å². The molecule has 2 heterocycles. The topological polar surface area (TPSA) is 59.5 Å². The molecule has 1 fully saturated rings. The maximum atomic E-state index is 12.8. The average molecular weight is 405 g/mol. The van der Waals surface area contributed by atoms with Crippen molar-refractivity contribution in [2.24, 2.45) is 0 Å². The highest BCUT2D eigenvalue weighted by molar-refractivity contribution is 7.91. The van der Waals surface area contributed by atoms with Crippen molar-refractivity contribution in [1.82, 2.24) is 9.88 Å². The second kappa shape index (κ2) is 8.35. The molecule has 0 saturated carbocycles. The first-order valence-corrected chi connectivity index (χ1v) is 10.1. The zero-order chi connectivity index (χ0) is 18.0. The van der Waals surface area contributed by atoms with E-state index in [1.165, 1.54) is 6.20 Å². The highest BCUT2D eigenvalue weighted by Gasteiger charge is 2.19. The number of sulfone groups is 1. The van der Waals surface area contributed by atoms with Gasteiger partial charge in [-0.3, -0.25) is 9.88 Å². The van der Waals surface area contributed by atoms with E-state index in [0.29, 0.717) is 0 Å². The lowest BCUT2D eigenvalue weighted by Crippen LogP contribution is -2.35. The molecular weight excluding hydrogens is 384 g/mol. The second-order valence-corrected chi connectivity index (χ2v) is 8.31. The first-order chi connectivity index (χ1) is 12.6. The summed E-state index contributed by atoms with van der Waals surface area (Å²) in [6.07, 6.45) is 1.47. The number of nitrogens with zero attached hydrogens (tertiary/aromatic N) is 2. The number of fused-ring (bicyclic) bond motifs is 1. The third-order valence-corrected chi connectivity index (χ3v) is 6.37. The predicted octanol–water partition coefficient (Wildman–Crippen LogP) is 3.32. The SMILES string of the molecule is Cl.O=S(=O)(c1ccccc1)c1cnc2c(CN3CCOCC3)cccc2c1. The number of hydrogen-bond donors (Lipinski definition) is 0. The van der Waals surface area contributed by atoms with Crippen LogP contribution in [0.3, 0.4) is 0 Å². The lowest BCUT2D eigenvalue weighted by molar-refractivity contribution is 0.0343. The number of rotatable bonds is 4. The summed E-state index contributed by atoms with van der Waals surface area (Å²) in [5, 5.41) is 0.841. The van der Waals surface area contributed by atoms with E-state index in [9.17, 15) is 8.42 Å². The number of morpholine rings is 1. The van der Waals surface area contributed by atoms with Gasteiger partial charge in [-0.05, 0) is 23.8 Å². The van der Waals surface area contributed by atoms with Crippen LogP contribution in [0, 0.1) is 0 Å². The lowest BCUT2D eigenvalue weighted by Gasteiger charge is -2.26. The number of para-hydroxylation sites is 1. The Kier molecular flexibility index (Phi) is 6.11. The van der Waals surface area contributed by atoms with Crippen molar-refractivity contribution >= 4 is 33.1 Å². The largest absolute Gasteiger partial charge is 0.379 e. The monoisotopic (exact) mass is 404 g/mol. The number of ether oxygens (including phenoxy) is 1. The van der Waals surface area contributed by atoms with Gasteiger partial charge < -0.3 is 4.74 Å². The number of aromatic nitrogens is 1. The van der Waals surface area contributed by atoms with Crippen molar-refractivity contribution in [1.29, 1.82) is 0 Å². The van der Waals surface area contributed by atoms with Gasteiger partial charge in [-0.1, -0.05) is 36.4 Å². The van der Waals surface area contributed by atoms with Crippen LogP contribution < -0.4 is 0 Å². The predicted molar refractivity (Wildman–Crippen MR) is 107 cm³/mol. The molecule has 1 aromatic heterocycles. The van der Waals surface area contributed by atoms with Crippen molar-refractivity contribution in [3.63, 3.8) is 0 Å². The molecule has 1 saturated heterocycles. The molecule has 0 amide bonds. The van der Waals surface area contributed by atoms with Crippen LogP contribution in [0.1, 0.15) is 5.56 Å². The molecule has 0 radical (unpaired) electrons. The first-order valence-electron chi connectivity index (χ1n) is 8.62. The minimum Gasteiger partial charge on any atom is -0.379 e. The molecule has 0 atom stereocenters. The minimum atomic E-state index is -3.56. The molecule has 5 nitrogen and oxygen atoms in total. The maximum Gasteiger partial charge on any atom is 0.208 e. The number of halogens is 1. The third kappa shape index (κ3) is 4.14. The summed E-state index contributed by atoms with van der Waals surface area (Å²) in [6, 6.07) is 16.1. The fourth-order valence-electron chi connectivity index (χ4n) is 3.21. The Labute approximate surface area is 165 Å². The van der Waals surface area contributed by atoms with Gasteiger partial charge in [0, 0.05) is 31.2 Å².